The third-order valence-electron chi connectivity index (χ3n) is 5.67. The summed E-state index contributed by atoms with van der Waals surface area (Å²) in [5, 5.41) is 1.97. The van der Waals surface area contributed by atoms with Gasteiger partial charge < -0.3 is 14.2 Å². The van der Waals surface area contributed by atoms with Crippen LogP contribution in [0.5, 0.6) is 11.5 Å². The number of ether oxygens (including phenoxy) is 3. The number of alkyl halides is 1. The van der Waals surface area contributed by atoms with Crippen molar-refractivity contribution in [2.45, 2.75) is 17.8 Å². The van der Waals surface area contributed by atoms with Crippen molar-refractivity contribution in [1.29, 1.82) is 0 Å². The number of fused-ring (bicyclic) bond motifs is 6. The number of epoxide rings is 1. The summed E-state index contributed by atoms with van der Waals surface area (Å²) in [5.74, 6) is 1.51. The number of hydrogen-bond acceptors (Lipinski definition) is 4. The number of carbonyl (C=O) groups is 1. The number of Topliss-reactive ketones (excluding diaryl/α,β-unsaturated/α-hetero) is 1. The van der Waals surface area contributed by atoms with Crippen LogP contribution in [0.2, 0.25) is 0 Å². The van der Waals surface area contributed by atoms with Gasteiger partial charge in [-0.05, 0) is 28.5 Å². The largest absolute Gasteiger partial charge is 0.456 e. The molecule has 5 heteroatoms. The Morgan fingerprint density at radius 3 is 2.70 bits per heavy atom. The number of carbonyl (C=O) groups excluding carboxylic acids is 1. The summed E-state index contributed by atoms with van der Waals surface area (Å²) in [6.07, 6.45) is -0.687. The van der Waals surface area contributed by atoms with Crippen LogP contribution in [0.15, 0.2) is 54.6 Å². The Bertz CT molecular complexity index is 1120. The zero-order valence-corrected chi connectivity index (χ0v) is 15.0. The molecule has 4 nitrogen and oxygen atoms in total. The van der Waals surface area contributed by atoms with Crippen molar-refractivity contribution in [1.82, 2.24) is 0 Å². The molecule has 3 aromatic carbocycles. The lowest BCUT2D eigenvalue weighted by Gasteiger charge is -2.41. The van der Waals surface area contributed by atoms with E-state index in [1.807, 2.05) is 54.6 Å². The number of ketones is 1. The van der Waals surface area contributed by atoms with Gasteiger partial charge in [0, 0.05) is 17.0 Å². The van der Waals surface area contributed by atoms with E-state index >= 15 is 0 Å². The topological polar surface area (TPSA) is 48.1 Å². The van der Waals surface area contributed by atoms with Crippen molar-refractivity contribution in [3.63, 3.8) is 0 Å². The first kappa shape index (κ1) is 15.6. The van der Waals surface area contributed by atoms with E-state index in [1.54, 1.807) is 0 Å². The number of rotatable bonds is 3. The molecule has 27 heavy (non-hydrogen) atoms. The second kappa shape index (κ2) is 5.32. The maximum absolute atomic E-state index is 13.6. The van der Waals surface area contributed by atoms with E-state index in [-0.39, 0.29) is 18.5 Å². The molecule has 6 rings (SSSR count). The van der Waals surface area contributed by atoms with Crippen LogP contribution in [-0.4, -0.2) is 24.4 Å². The van der Waals surface area contributed by atoms with Crippen LogP contribution < -0.4 is 4.74 Å². The van der Waals surface area contributed by atoms with Crippen LogP contribution in [0.1, 0.15) is 22.8 Å². The second-order valence-electron chi connectivity index (χ2n) is 7.04. The van der Waals surface area contributed by atoms with E-state index in [0.29, 0.717) is 17.4 Å². The van der Waals surface area contributed by atoms with E-state index in [1.165, 1.54) is 0 Å². The Hall–Kier alpha value is -2.40. The molecule has 0 bridgehead atoms. The van der Waals surface area contributed by atoms with Gasteiger partial charge in [-0.25, -0.2) is 0 Å². The number of hydrogen-bond donors (Lipinski definition) is 0. The van der Waals surface area contributed by atoms with E-state index < -0.39 is 11.7 Å². The predicted molar refractivity (Wildman–Crippen MR) is 101 cm³/mol. The average molecular weight is 379 g/mol. The van der Waals surface area contributed by atoms with Gasteiger partial charge in [-0.3, -0.25) is 4.79 Å². The zero-order valence-electron chi connectivity index (χ0n) is 14.3. The molecule has 3 aromatic rings. The zero-order chi connectivity index (χ0) is 18.2. The van der Waals surface area contributed by atoms with Gasteiger partial charge in [0.1, 0.15) is 17.6 Å². The van der Waals surface area contributed by atoms with Crippen LogP contribution in [-0.2, 0) is 19.9 Å². The van der Waals surface area contributed by atoms with Gasteiger partial charge >= 0.3 is 0 Å². The molecule has 0 aromatic heterocycles. The highest BCUT2D eigenvalue weighted by atomic mass is 35.5. The van der Waals surface area contributed by atoms with E-state index in [0.717, 1.165) is 27.5 Å². The van der Waals surface area contributed by atoms with E-state index in [2.05, 4.69) is 0 Å². The third-order valence-corrected chi connectivity index (χ3v) is 5.83. The number of benzene rings is 3. The molecule has 0 saturated carbocycles. The monoisotopic (exact) mass is 378 g/mol. The highest BCUT2D eigenvalue weighted by Crippen LogP contribution is 2.61. The van der Waals surface area contributed by atoms with Crippen molar-refractivity contribution >= 4 is 28.2 Å². The van der Waals surface area contributed by atoms with Gasteiger partial charge in [0.05, 0.1) is 6.61 Å². The van der Waals surface area contributed by atoms with Gasteiger partial charge in [-0.1, -0.05) is 42.5 Å². The molecule has 0 spiro atoms. The molecule has 0 radical (unpaired) electrons. The van der Waals surface area contributed by atoms with Crippen LogP contribution in [0, 0.1) is 0 Å². The average Bonchev–Trinajstić information content (AvgIpc) is 3.51. The fourth-order valence-corrected chi connectivity index (χ4v) is 4.67. The third kappa shape index (κ3) is 1.88. The summed E-state index contributed by atoms with van der Waals surface area (Å²) >= 11 is 5.97. The Kier molecular flexibility index (Phi) is 3.08. The lowest BCUT2D eigenvalue weighted by molar-refractivity contribution is -0.142. The first-order chi connectivity index (χ1) is 13.3. The second-order valence-corrected chi connectivity index (χ2v) is 7.42. The van der Waals surface area contributed by atoms with Crippen molar-refractivity contribution in [3.05, 3.63) is 71.3 Å². The molecular weight excluding hydrogens is 364 g/mol. The van der Waals surface area contributed by atoms with Crippen LogP contribution in [0.4, 0.5) is 0 Å². The fourth-order valence-electron chi connectivity index (χ4n) is 4.59. The summed E-state index contributed by atoms with van der Waals surface area (Å²) < 4.78 is 18.3. The van der Waals surface area contributed by atoms with Crippen molar-refractivity contribution < 1.29 is 19.0 Å². The summed E-state index contributed by atoms with van der Waals surface area (Å²) in [4.78, 5) is 13.6. The molecule has 134 valence electrons. The van der Waals surface area contributed by atoms with Crippen LogP contribution >= 0.6 is 11.6 Å². The molecule has 0 unspecified atom stereocenters. The van der Waals surface area contributed by atoms with Gasteiger partial charge in [0.15, 0.2) is 11.7 Å². The SMILES string of the molecule is O=C1[C@@H]2O[C@@H]2c2cccc3c2[C@@]1(OCCCl)c1c(ccc2ccccc12)O3. The minimum atomic E-state index is -1.26. The Labute approximate surface area is 160 Å². The van der Waals surface area contributed by atoms with E-state index in [9.17, 15) is 4.79 Å². The van der Waals surface area contributed by atoms with Crippen molar-refractivity contribution in [2.75, 3.05) is 12.5 Å². The molecule has 2 aliphatic heterocycles. The summed E-state index contributed by atoms with van der Waals surface area (Å²) in [6, 6.07) is 17.7. The van der Waals surface area contributed by atoms with Crippen molar-refractivity contribution in [2.24, 2.45) is 0 Å². The molecular formula is C22H15ClO4. The van der Waals surface area contributed by atoms with Gasteiger partial charge in [0.2, 0.25) is 5.78 Å². The lowest BCUT2D eigenvalue weighted by Crippen LogP contribution is -2.48. The molecule has 0 amide bonds. The molecule has 1 saturated heterocycles. The van der Waals surface area contributed by atoms with Crippen LogP contribution in [0.25, 0.3) is 10.8 Å². The van der Waals surface area contributed by atoms with Gasteiger partial charge in [-0.15, -0.1) is 11.6 Å². The summed E-state index contributed by atoms with van der Waals surface area (Å²) in [5.41, 5.74) is 1.23. The summed E-state index contributed by atoms with van der Waals surface area (Å²) in [6.45, 7) is 0.251. The van der Waals surface area contributed by atoms with Gasteiger partial charge in [0.25, 0.3) is 0 Å². The van der Waals surface area contributed by atoms with Gasteiger partial charge in [-0.2, -0.15) is 0 Å². The maximum Gasteiger partial charge on any atom is 0.205 e. The van der Waals surface area contributed by atoms with E-state index in [4.69, 9.17) is 25.8 Å². The molecule has 0 N–H and O–H groups in total. The Morgan fingerprint density at radius 1 is 0.963 bits per heavy atom. The highest BCUT2D eigenvalue weighted by molar-refractivity contribution is 6.18. The molecule has 1 aliphatic carbocycles. The molecule has 3 aliphatic rings. The van der Waals surface area contributed by atoms with Crippen LogP contribution in [0.3, 0.4) is 0 Å². The highest BCUT2D eigenvalue weighted by Gasteiger charge is 2.65. The standard InChI is InChI=1S/C22H15ClO4/c23-10-11-25-22-17-13-5-2-1-4-12(13)8-9-16(17)26-15-7-3-6-14(18(15)22)19-20(27-19)21(22)24/h1-9,19-20H,10-11H2/t19-,20-,22+/m1/s1. The Balaban J connectivity index is 1.76. The minimum Gasteiger partial charge on any atom is -0.456 e. The summed E-state index contributed by atoms with van der Waals surface area (Å²) in [7, 11) is 0. The number of halogens is 1. The minimum absolute atomic E-state index is 0.0709. The lowest BCUT2D eigenvalue weighted by atomic mass is 9.71. The fraction of sp³-hybridized carbons (Fsp3) is 0.227. The molecule has 1 fully saturated rings. The molecule has 3 atom stereocenters. The normalized spacial score (nSPS) is 26.8. The van der Waals surface area contributed by atoms with Crippen molar-refractivity contribution in [3.8, 4) is 11.5 Å². The smallest absolute Gasteiger partial charge is 0.205 e. The maximum atomic E-state index is 13.6. The predicted octanol–water partition coefficient (Wildman–Crippen LogP) is 4.47. The first-order valence-electron chi connectivity index (χ1n) is 8.99. The first-order valence-corrected chi connectivity index (χ1v) is 9.52. The quantitative estimate of drug-likeness (QED) is 0.498. The Morgan fingerprint density at radius 2 is 1.81 bits per heavy atom. The molecule has 2 heterocycles.